The molecule has 1 aliphatic heterocycles. The fraction of sp³-hybridized carbons (Fsp3) is 0.286. The summed E-state index contributed by atoms with van der Waals surface area (Å²) in [6, 6.07) is 15.1. The SMILES string of the molecule is CN(C)c1ccc(Cl)cc1NC(=O)CCC(=O)N1CCC(c2ccccc2)=N1. The standard InChI is InChI=1S/C21H23ClN4O2/c1-25(2)19-9-8-16(22)14-18(19)23-20(27)10-11-21(28)26-13-12-17(24-26)15-6-4-3-5-7-15/h3-9,14H,10-13H2,1-2H3,(H,23,27). The van der Waals surface area contributed by atoms with Gasteiger partial charge in [0.1, 0.15) is 0 Å². The number of hydrazone groups is 1. The van der Waals surface area contributed by atoms with Gasteiger partial charge in [-0.05, 0) is 23.8 Å². The molecule has 0 spiro atoms. The first-order valence-electron chi connectivity index (χ1n) is 9.14. The largest absolute Gasteiger partial charge is 0.376 e. The number of carbonyl (C=O) groups excluding carboxylic acids is 2. The zero-order chi connectivity index (χ0) is 20.1. The molecule has 146 valence electrons. The topological polar surface area (TPSA) is 65.0 Å². The fourth-order valence-electron chi connectivity index (χ4n) is 3.03. The van der Waals surface area contributed by atoms with E-state index in [2.05, 4.69) is 10.4 Å². The van der Waals surface area contributed by atoms with Gasteiger partial charge in [0.15, 0.2) is 0 Å². The monoisotopic (exact) mass is 398 g/mol. The summed E-state index contributed by atoms with van der Waals surface area (Å²) in [5.41, 5.74) is 3.39. The second kappa shape index (κ2) is 8.89. The molecule has 0 aromatic heterocycles. The molecule has 0 unspecified atom stereocenters. The van der Waals surface area contributed by atoms with E-state index in [0.717, 1.165) is 23.4 Å². The van der Waals surface area contributed by atoms with Gasteiger partial charge in [0, 0.05) is 38.4 Å². The predicted molar refractivity (Wildman–Crippen MR) is 113 cm³/mol. The molecular weight excluding hydrogens is 376 g/mol. The van der Waals surface area contributed by atoms with E-state index in [9.17, 15) is 9.59 Å². The van der Waals surface area contributed by atoms with E-state index in [1.165, 1.54) is 5.01 Å². The molecule has 0 saturated heterocycles. The normalized spacial score (nSPS) is 13.2. The van der Waals surface area contributed by atoms with Crippen molar-refractivity contribution in [3.05, 3.63) is 59.1 Å². The van der Waals surface area contributed by atoms with Crippen LogP contribution in [0.5, 0.6) is 0 Å². The first-order valence-corrected chi connectivity index (χ1v) is 9.52. The number of hydrogen-bond donors (Lipinski definition) is 1. The van der Waals surface area contributed by atoms with Gasteiger partial charge in [0.05, 0.1) is 23.6 Å². The molecule has 0 aliphatic carbocycles. The Labute approximate surface area is 169 Å². The lowest BCUT2D eigenvalue weighted by Gasteiger charge is -2.18. The summed E-state index contributed by atoms with van der Waals surface area (Å²) in [5.74, 6) is -0.384. The summed E-state index contributed by atoms with van der Waals surface area (Å²) in [5, 5.41) is 9.25. The summed E-state index contributed by atoms with van der Waals surface area (Å²) >= 11 is 6.04. The highest BCUT2D eigenvalue weighted by atomic mass is 35.5. The van der Waals surface area contributed by atoms with E-state index in [1.54, 1.807) is 12.1 Å². The average Bonchev–Trinajstić information content (AvgIpc) is 3.17. The average molecular weight is 399 g/mol. The Hall–Kier alpha value is -2.86. The highest BCUT2D eigenvalue weighted by Gasteiger charge is 2.22. The number of benzene rings is 2. The molecule has 7 heteroatoms. The van der Waals surface area contributed by atoms with Crippen LogP contribution in [0.15, 0.2) is 53.6 Å². The van der Waals surface area contributed by atoms with Gasteiger partial charge >= 0.3 is 0 Å². The van der Waals surface area contributed by atoms with Crippen LogP contribution in [0.2, 0.25) is 5.02 Å². The second-order valence-electron chi connectivity index (χ2n) is 6.78. The Morgan fingerprint density at radius 2 is 1.89 bits per heavy atom. The van der Waals surface area contributed by atoms with Crippen LogP contribution in [-0.2, 0) is 9.59 Å². The van der Waals surface area contributed by atoms with Crippen molar-refractivity contribution in [2.24, 2.45) is 5.10 Å². The highest BCUT2D eigenvalue weighted by molar-refractivity contribution is 6.31. The maximum Gasteiger partial charge on any atom is 0.243 e. The fourth-order valence-corrected chi connectivity index (χ4v) is 3.20. The van der Waals surface area contributed by atoms with E-state index in [0.29, 0.717) is 17.3 Å². The molecule has 28 heavy (non-hydrogen) atoms. The van der Waals surface area contributed by atoms with Gasteiger partial charge in [0.25, 0.3) is 0 Å². The van der Waals surface area contributed by atoms with Crippen molar-refractivity contribution in [1.29, 1.82) is 0 Å². The van der Waals surface area contributed by atoms with Gasteiger partial charge < -0.3 is 10.2 Å². The number of nitrogens with zero attached hydrogens (tertiary/aromatic N) is 3. The van der Waals surface area contributed by atoms with Gasteiger partial charge in [-0.3, -0.25) is 9.59 Å². The summed E-state index contributed by atoms with van der Waals surface area (Å²) in [6.45, 7) is 0.545. The van der Waals surface area contributed by atoms with Crippen LogP contribution in [-0.4, -0.2) is 43.2 Å². The predicted octanol–water partition coefficient (Wildman–Crippen LogP) is 3.76. The lowest BCUT2D eigenvalue weighted by atomic mass is 10.1. The minimum Gasteiger partial charge on any atom is -0.376 e. The molecule has 2 amide bonds. The molecule has 1 aliphatic rings. The van der Waals surface area contributed by atoms with E-state index in [-0.39, 0.29) is 24.7 Å². The van der Waals surface area contributed by atoms with Crippen molar-refractivity contribution in [2.45, 2.75) is 19.3 Å². The van der Waals surface area contributed by atoms with Gasteiger partial charge in [-0.2, -0.15) is 5.10 Å². The summed E-state index contributed by atoms with van der Waals surface area (Å²) in [7, 11) is 3.77. The van der Waals surface area contributed by atoms with Crippen molar-refractivity contribution in [3.8, 4) is 0 Å². The molecular formula is C21H23ClN4O2. The van der Waals surface area contributed by atoms with Gasteiger partial charge in [-0.15, -0.1) is 0 Å². The molecule has 6 nitrogen and oxygen atoms in total. The Morgan fingerprint density at radius 3 is 2.61 bits per heavy atom. The van der Waals surface area contributed by atoms with Crippen LogP contribution in [0.3, 0.4) is 0 Å². The van der Waals surface area contributed by atoms with Crippen molar-refractivity contribution >= 4 is 40.5 Å². The molecule has 0 bridgehead atoms. The molecule has 2 aromatic carbocycles. The quantitative estimate of drug-likeness (QED) is 0.805. The van der Waals surface area contributed by atoms with E-state index < -0.39 is 0 Å². The lowest BCUT2D eigenvalue weighted by Crippen LogP contribution is -2.25. The Bertz CT molecular complexity index is 897. The third kappa shape index (κ3) is 4.89. The van der Waals surface area contributed by atoms with E-state index in [1.807, 2.05) is 55.4 Å². The first-order chi connectivity index (χ1) is 13.4. The second-order valence-corrected chi connectivity index (χ2v) is 7.22. The van der Waals surface area contributed by atoms with Gasteiger partial charge in [-0.1, -0.05) is 41.9 Å². The molecule has 0 radical (unpaired) electrons. The van der Waals surface area contributed by atoms with Crippen LogP contribution in [0.25, 0.3) is 0 Å². The highest BCUT2D eigenvalue weighted by Crippen LogP contribution is 2.28. The van der Waals surface area contributed by atoms with E-state index in [4.69, 9.17) is 11.6 Å². The molecule has 0 saturated carbocycles. The molecule has 3 rings (SSSR count). The number of hydrogen-bond acceptors (Lipinski definition) is 4. The molecule has 2 aromatic rings. The van der Waals surface area contributed by atoms with Crippen LogP contribution in [0, 0.1) is 0 Å². The minimum atomic E-state index is -0.231. The number of nitrogens with one attached hydrogen (secondary N) is 1. The third-order valence-electron chi connectivity index (χ3n) is 4.48. The van der Waals surface area contributed by atoms with Crippen LogP contribution >= 0.6 is 11.6 Å². The van der Waals surface area contributed by atoms with Crippen molar-refractivity contribution in [1.82, 2.24) is 5.01 Å². The number of carbonyl (C=O) groups is 2. The number of anilines is 2. The lowest BCUT2D eigenvalue weighted by molar-refractivity contribution is -0.132. The Balaban J connectivity index is 1.56. The summed E-state index contributed by atoms with van der Waals surface area (Å²) in [4.78, 5) is 26.6. The summed E-state index contributed by atoms with van der Waals surface area (Å²) < 4.78 is 0. The molecule has 1 N–H and O–H groups in total. The van der Waals surface area contributed by atoms with Crippen molar-refractivity contribution in [2.75, 3.05) is 30.9 Å². The van der Waals surface area contributed by atoms with Crippen LogP contribution in [0.4, 0.5) is 11.4 Å². The first kappa shape index (κ1) is 19.9. The molecule has 0 fully saturated rings. The van der Waals surface area contributed by atoms with Crippen molar-refractivity contribution in [3.63, 3.8) is 0 Å². The van der Waals surface area contributed by atoms with Crippen LogP contribution < -0.4 is 10.2 Å². The van der Waals surface area contributed by atoms with Gasteiger partial charge in [0.2, 0.25) is 11.8 Å². The number of amides is 2. The smallest absolute Gasteiger partial charge is 0.243 e. The number of rotatable bonds is 6. The zero-order valence-corrected chi connectivity index (χ0v) is 16.7. The molecule has 0 atom stereocenters. The summed E-state index contributed by atoms with van der Waals surface area (Å²) in [6.07, 6.45) is 0.914. The number of halogens is 1. The Morgan fingerprint density at radius 1 is 1.14 bits per heavy atom. The minimum absolute atomic E-state index is 0.0882. The maximum atomic E-state index is 12.4. The van der Waals surface area contributed by atoms with Gasteiger partial charge in [-0.25, -0.2) is 5.01 Å². The zero-order valence-electron chi connectivity index (χ0n) is 16.0. The molecule has 1 heterocycles. The Kier molecular flexibility index (Phi) is 6.31. The van der Waals surface area contributed by atoms with Crippen LogP contribution in [0.1, 0.15) is 24.8 Å². The third-order valence-corrected chi connectivity index (χ3v) is 4.71. The maximum absolute atomic E-state index is 12.4. The van der Waals surface area contributed by atoms with E-state index >= 15 is 0 Å². The van der Waals surface area contributed by atoms with Crippen molar-refractivity contribution < 1.29 is 9.59 Å².